The molecule has 1 amide bonds. The second-order valence-corrected chi connectivity index (χ2v) is 6.75. The first-order valence-corrected chi connectivity index (χ1v) is 7.11. The van der Waals surface area contributed by atoms with E-state index in [2.05, 4.69) is 11.8 Å². The summed E-state index contributed by atoms with van der Waals surface area (Å²) in [6.45, 7) is 12.9. The van der Waals surface area contributed by atoms with E-state index < -0.39 is 5.60 Å². The van der Waals surface area contributed by atoms with Gasteiger partial charge in [-0.25, -0.2) is 4.79 Å². The van der Waals surface area contributed by atoms with Crippen molar-refractivity contribution in [2.75, 3.05) is 39.4 Å². The number of hydrogen-bond donors (Lipinski definition) is 0. The van der Waals surface area contributed by atoms with Crippen molar-refractivity contribution in [2.45, 2.75) is 45.3 Å². The summed E-state index contributed by atoms with van der Waals surface area (Å²) in [6.07, 6.45) is 0.888. The molecular formula is C14H26N2O3. The molecule has 19 heavy (non-hydrogen) atoms. The molecule has 0 N–H and O–H groups in total. The minimum atomic E-state index is -0.417. The summed E-state index contributed by atoms with van der Waals surface area (Å²) < 4.78 is 10.9. The topological polar surface area (TPSA) is 42.0 Å². The van der Waals surface area contributed by atoms with Gasteiger partial charge >= 0.3 is 6.09 Å². The molecule has 1 atom stereocenters. The van der Waals surface area contributed by atoms with Crippen LogP contribution in [0.2, 0.25) is 0 Å². The van der Waals surface area contributed by atoms with E-state index in [1.807, 2.05) is 20.8 Å². The Morgan fingerprint density at radius 3 is 2.32 bits per heavy atom. The van der Waals surface area contributed by atoms with Gasteiger partial charge in [-0.3, -0.25) is 4.90 Å². The van der Waals surface area contributed by atoms with Crippen molar-refractivity contribution in [3.63, 3.8) is 0 Å². The number of hydrogen-bond acceptors (Lipinski definition) is 4. The Balaban J connectivity index is 1.84. The molecule has 110 valence electrons. The van der Waals surface area contributed by atoms with Gasteiger partial charge in [-0.15, -0.1) is 0 Å². The number of piperazine rings is 1. The number of rotatable bonds is 1. The van der Waals surface area contributed by atoms with Crippen molar-refractivity contribution in [1.29, 1.82) is 0 Å². The molecule has 2 aliphatic heterocycles. The molecule has 2 fully saturated rings. The first-order valence-electron chi connectivity index (χ1n) is 7.11. The molecule has 0 aliphatic carbocycles. The maximum atomic E-state index is 12.0. The van der Waals surface area contributed by atoms with Crippen LogP contribution in [0.25, 0.3) is 0 Å². The molecule has 0 spiro atoms. The average Bonchev–Trinajstić information content (AvgIpc) is 2.75. The van der Waals surface area contributed by atoms with Crippen molar-refractivity contribution >= 4 is 6.09 Å². The van der Waals surface area contributed by atoms with Crippen LogP contribution in [0.4, 0.5) is 4.79 Å². The molecule has 0 saturated carbocycles. The number of amides is 1. The Labute approximate surface area is 115 Å². The lowest BCUT2D eigenvalue weighted by atomic mass is 9.98. The van der Waals surface area contributed by atoms with Gasteiger partial charge in [0.25, 0.3) is 0 Å². The third-order valence-corrected chi connectivity index (χ3v) is 3.89. The predicted molar refractivity (Wildman–Crippen MR) is 73.2 cm³/mol. The van der Waals surface area contributed by atoms with Gasteiger partial charge in [0.05, 0.1) is 6.61 Å². The van der Waals surface area contributed by atoms with Gasteiger partial charge in [-0.1, -0.05) is 0 Å². The Hall–Kier alpha value is -0.810. The van der Waals surface area contributed by atoms with Crippen LogP contribution in [-0.2, 0) is 9.47 Å². The van der Waals surface area contributed by atoms with Crippen molar-refractivity contribution in [3.8, 4) is 0 Å². The van der Waals surface area contributed by atoms with E-state index >= 15 is 0 Å². The second kappa shape index (κ2) is 5.29. The largest absolute Gasteiger partial charge is 0.444 e. The minimum Gasteiger partial charge on any atom is -0.444 e. The lowest BCUT2D eigenvalue weighted by Crippen LogP contribution is -2.57. The molecule has 0 aromatic rings. The summed E-state index contributed by atoms with van der Waals surface area (Å²) in [5.41, 5.74) is -0.264. The van der Waals surface area contributed by atoms with Crippen LogP contribution in [0.15, 0.2) is 0 Å². The molecule has 5 heteroatoms. The van der Waals surface area contributed by atoms with E-state index in [9.17, 15) is 4.79 Å². The Bertz CT molecular complexity index is 324. The highest BCUT2D eigenvalue weighted by atomic mass is 16.6. The highest BCUT2D eigenvalue weighted by Gasteiger charge is 2.38. The maximum Gasteiger partial charge on any atom is 0.410 e. The SMILES string of the molecule is CC(C)(C)OC(=O)N1CCN(C2(C)CCOC2)CC1. The van der Waals surface area contributed by atoms with E-state index in [-0.39, 0.29) is 11.6 Å². The zero-order chi connectivity index (χ0) is 14.1. The summed E-state index contributed by atoms with van der Waals surface area (Å²) in [7, 11) is 0. The van der Waals surface area contributed by atoms with Crippen LogP contribution < -0.4 is 0 Å². The van der Waals surface area contributed by atoms with E-state index in [0.29, 0.717) is 0 Å². The van der Waals surface area contributed by atoms with Crippen molar-refractivity contribution < 1.29 is 14.3 Å². The van der Waals surface area contributed by atoms with E-state index in [0.717, 1.165) is 45.8 Å². The summed E-state index contributed by atoms with van der Waals surface area (Å²) in [4.78, 5) is 16.2. The maximum absolute atomic E-state index is 12.0. The third-order valence-electron chi connectivity index (χ3n) is 3.89. The number of nitrogens with zero attached hydrogens (tertiary/aromatic N) is 2. The van der Waals surface area contributed by atoms with Crippen LogP contribution in [0.3, 0.4) is 0 Å². The zero-order valence-corrected chi connectivity index (χ0v) is 12.6. The molecule has 1 unspecified atom stereocenters. The molecule has 0 radical (unpaired) electrons. The quantitative estimate of drug-likeness (QED) is 0.727. The van der Waals surface area contributed by atoms with Gasteiger partial charge in [-0.05, 0) is 34.1 Å². The lowest BCUT2D eigenvalue weighted by molar-refractivity contribution is -0.00246. The summed E-state index contributed by atoms with van der Waals surface area (Å²) in [6, 6.07) is 0. The molecule has 2 heterocycles. The fourth-order valence-corrected chi connectivity index (χ4v) is 2.66. The smallest absolute Gasteiger partial charge is 0.410 e. The van der Waals surface area contributed by atoms with Gasteiger partial charge in [0.15, 0.2) is 0 Å². The van der Waals surface area contributed by atoms with Gasteiger partial charge in [0.1, 0.15) is 5.60 Å². The van der Waals surface area contributed by atoms with E-state index in [1.54, 1.807) is 4.90 Å². The van der Waals surface area contributed by atoms with Crippen LogP contribution in [0.1, 0.15) is 34.1 Å². The first-order chi connectivity index (χ1) is 8.80. The molecule has 2 aliphatic rings. The Morgan fingerprint density at radius 1 is 1.21 bits per heavy atom. The van der Waals surface area contributed by atoms with Crippen molar-refractivity contribution in [2.24, 2.45) is 0 Å². The second-order valence-electron chi connectivity index (χ2n) is 6.75. The molecule has 2 saturated heterocycles. The van der Waals surface area contributed by atoms with Crippen LogP contribution in [-0.4, -0.2) is 66.4 Å². The predicted octanol–water partition coefficient (Wildman–Crippen LogP) is 1.72. The van der Waals surface area contributed by atoms with E-state index in [4.69, 9.17) is 9.47 Å². The Kier molecular flexibility index (Phi) is 4.06. The standard InChI is InChI=1S/C14H26N2O3/c1-13(2,3)19-12(17)15-6-8-16(9-7-15)14(4)5-10-18-11-14/h5-11H2,1-4H3. The number of ether oxygens (including phenoxy) is 2. The van der Waals surface area contributed by atoms with Crippen LogP contribution in [0, 0.1) is 0 Å². The van der Waals surface area contributed by atoms with Crippen molar-refractivity contribution in [1.82, 2.24) is 9.80 Å². The lowest BCUT2D eigenvalue weighted by Gasteiger charge is -2.43. The fourth-order valence-electron chi connectivity index (χ4n) is 2.66. The first kappa shape index (κ1) is 14.6. The number of carbonyl (C=O) groups is 1. The van der Waals surface area contributed by atoms with Crippen molar-refractivity contribution in [3.05, 3.63) is 0 Å². The number of carbonyl (C=O) groups excluding carboxylic acids is 1. The highest BCUT2D eigenvalue weighted by Crippen LogP contribution is 2.26. The summed E-state index contributed by atoms with van der Waals surface area (Å²) in [5, 5.41) is 0. The molecule has 0 bridgehead atoms. The molecular weight excluding hydrogens is 244 g/mol. The van der Waals surface area contributed by atoms with Gasteiger partial charge < -0.3 is 14.4 Å². The van der Waals surface area contributed by atoms with Crippen LogP contribution >= 0.6 is 0 Å². The third kappa shape index (κ3) is 3.60. The summed E-state index contributed by atoms with van der Waals surface area (Å²) >= 11 is 0. The average molecular weight is 270 g/mol. The van der Waals surface area contributed by atoms with E-state index in [1.165, 1.54) is 0 Å². The monoisotopic (exact) mass is 270 g/mol. The molecule has 5 nitrogen and oxygen atoms in total. The molecule has 0 aromatic heterocycles. The van der Waals surface area contributed by atoms with Gasteiger partial charge in [-0.2, -0.15) is 0 Å². The van der Waals surface area contributed by atoms with Crippen LogP contribution in [0.5, 0.6) is 0 Å². The summed E-state index contributed by atoms with van der Waals surface area (Å²) in [5.74, 6) is 0. The normalized spacial score (nSPS) is 29.6. The molecule has 2 rings (SSSR count). The Morgan fingerprint density at radius 2 is 1.84 bits per heavy atom. The minimum absolute atomic E-state index is 0.153. The fraction of sp³-hybridized carbons (Fsp3) is 0.929. The zero-order valence-electron chi connectivity index (χ0n) is 12.6. The van der Waals surface area contributed by atoms with Gasteiger partial charge in [0, 0.05) is 38.3 Å². The highest BCUT2D eigenvalue weighted by molar-refractivity contribution is 5.68. The van der Waals surface area contributed by atoms with Gasteiger partial charge in [0.2, 0.25) is 0 Å². The molecule has 0 aromatic carbocycles.